The number of ether oxygens (including phenoxy) is 1. The monoisotopic (exact) mass is 343 g/mol. The molecule has 0 bridgehead atoms. The maximum absolute atomic E-state index is 12.7. The molecule has 25 heavy (non-hydrogen) atoms. The number of furan rings is 1. The van der Waals surface area contributed by atoms with Crippen molar-refractivity contribution in [2.75, 3.05) is 25.6 Å². The van der Waals surface area contributed by atoms with Gasteiger partial charge in [0.2, 0.25) is 0 Å². The van der Waals surface area contributed by atoms with E-state index in [1.807, 2.05) is 32.0 Å². The second-order valence-corrected chi connectivity index (χ2v) is 5.80. The predicted molar refractivity (Wildman–Crippen MR) is 93.4 cm³/mol. The lowest BCUT2D eigenvalue weighted by Crippen LogP contribution is -2.36. The summed E-state index contributed by atoms with van der Waals surface area (Å²) in [6, 6.07) is 5.35. The molecule has 2 amide bonds. The van der Waals surface area contributed by atoms with Gasteiger partial charge < -0.3 is 19.4 Å². The average molecular weight is 343 g/mol. The Morgan fingerprint density at radius 1 is 1.40 bits per heavy atom. The summed E-state index contributed by atoms with van der Waals surface area (Å²) in [5.41, 5.74) is 2.14. The third-order valence-corrected chi connectivity index (χ3v) is 3.85. The highest BCUT2D eigenvalue weighted by Crippen LogP contribution is 2.18. The van der Waals surface area contributed by atoms with E-state index >= 15 is 0 Å². The number of pyridine rings is 1. The summed E-state index contributed by atoms with van der Waals surface area (Å²) in [4.78, 5) is 18.5. The smallest absolute Gasteiger partial charge is 0.322 e. The number of hydrogen-bond donors (Lipinski definition) is 2. The van der Waals surface area contributed by atoms with E-state index in [1.165, 1.54) is 0 Å². The first-order chi connectivity index (χ1) is 12.1. The molecule has 0 unspecified atom stereocenters. The van der Waals surface area contributed by atoms with Crippen molar-refractivity contribution in [1.82, 2.24) is 20.1 Å². The zero-order valence-corrected chi connectivity index (χ0v) is 14.5. The van der Waals surface area contributed by atoms with Crippen molar-refractivity contribution in [3.05, 3.63) is 41.6 Å². The molecule has 0 saturated heterocycles. The normalized spacial score (nSPS) is 11.0. The fraction of sp³-hybridized carbons (Fsp3) is 0.353. The maximum Gasteiger partial charge on any atom is 0.322 e. The molecule has 0 aromatic carbocycles. The zero-order chi connectivity index (χ0) is 17.8. The number of methoxy groups -OCH3 is 1. The number of urea groups is 1. The van der Waals surface area contributed by atoms with E-state index in [0.29, 0.717) is 31.0 Å². The van der Waals surface area contributed by atoms with Crippen molar-refractivity contribution >= 4 is 22.8 Å². The van der Waals surface area contributed by atoms with Crippen LogP contribution in [0.1, 0.15) is 17.2 Å². The van der Waals surface area contributed by atoms with Crippen molar-refractivity contribution in [2.24, 2.45) is 0 Å². The van der Waals surface area contributed by atoms with Crippen LogP contribution in [0.5, 0.6) is 0 Å². The number of rotatable bonds is 6. The van der Waals surface area contributed by atoms with Crippen LogP contribution in [0, 0.1) is 13.8 Å². The quantitative estimate of drug-likeness (QED) is 0.717. The number of aryl methyl sites for hydroxylation is 2. The van der Waals surface area contributed by atoms with Gasteiger partial charge in [-0.05, 0) is 32.0 Å². The van der Waals surface area contributed by atoms with Gasteiger partial charge in [-0.25, -0.2) is 9.78 Å². The zero-order valence-electron chi connectivity index (χ0n) is 14.5. The fourth-order valence-corrected chi connectivity index (χ4v) is 2.50. The Morgan fingerprint density at radius 3 is 2.96 bits per heavy atom. The third kappa shape index (κ3) is 3.97. The molecule has 3 rings (SSSR count). The Hall–Kier alpha value is -2.87. The van der Waals surface area contributed by atoms with Crippen LogP contribution in [0.2, 0.25) is 0 Å². The van der Waals surface area contributed by atoms with Crippen molar-refractivity contribution in [3.8, 4) is 0 Å². The number of nitrogens with one attached hydrogen (secondary N) is 2. The van der Waals surface area contributed by atoms with Gasteiger partial charge in [0.1, 0.15) is 11.5 Å². The largest absolute Gasteiger partial charge is 0.464 e. The predicted octanol–water partition coefficient (Wildman–Crippen LogP) is 2.85. The number of nitrogens with zero attached hydrogens (tertiary/aromatic N) is 3. The van der Waals surface area contributed by atoms with Crippen LogP contribution in [-0.2, 0) is 11.3 Å². The molecule has 3 heterocycles. The average Bonchev–Trinajstić information content (AvgIpc) is 3.17. The molecule has 8 nitrogen and oxygen atoms in total. The van der Waals surface area contributed by atoms with Crippen molar-refractivity contribution < 1.29 is 13.9 Å². The van der Waals surface area contributed by atoms with E-state index in [-0.39, 0.29) is 6.03 Å². The lowest BCUT2D eigenvalue weighted by molar-refractivity contribution is 0.149. The summed E-state index contributed by atoms with van der Waals surface area (Å²) in [5.74, 6) is 1.54. The highest BCUT2D eigenvalue weighted by Gasteiger charge is 2.16. The van der Waals surface area contributed by atoms with Gasteiger partial charge in [-0.1, -0.05) is 0 Å². The van der Waals surface area contributed by atoms with Crippen LogP contribution in [-0.4, -0.2) is 46.4 Å². The van der Waals surface area contributed by atoms with Crippen molar-refractivity contribution in [2.45, 2.75) is 20.4 Å². The number of carbonyl (C=O) groups excluding carboxylic acids is 1. The Kier molecular flexibility index (Phi) is 4.99. The van der Waals surface area contributed by atoms with Gasteiger partial charge in [-0.2, -0.15) is 5.10 Å². The number of aromatic amines is 1. The summed E-state index contributed by atoms with van der Waals surface area (Å²) in [6.07, 6.45) is 1.59. The summed E-state index contributed by atoms with van der Waals surface area (Å²) in [5, 5.41) is 10.7. The van der Waals surface area contributed by atoms with Crippen LogP contribution in [0.15, 0.2) is 28.8 Å². The van der Waals surface area contributed by atoms with Gasteiger partial charge >= 0.3 is 6.03 Å². The Balaban J connectivity index is 1.74. The molecule has 0 fully saturated rings. The van der Waals surface area contributed by atoms with Crippen molar-refractivity contribution in [1.29, 1.82) is 0 Å². The fourth-order valence-electron chi connectivity index (χ4n) is 2.50. The molecule has 3 aromatic rings. The molecule has 0 aliphatic carbocycles. The van der Waals surface area contributed by atoms with Crippen molar-refractivity contribution in [3.63, 3.8) is 0 Å². The molecule has 0 radical (unpaired) electrons. The topological polar surface area (TPSA) is 96.3 Å². The summed E-state index contributed by atoms with van der Waals surface area (Å²) < 4.78 is 10.7. The van der Waals surface area contributed by atoms with E-state index in [9.17, 15) is 4.79 Å². The molecular weight excluding hydrogens is 322 g/mol. The van der Waals surface area contributed by atoms with Crippen LogP contribution in [0.4, 0.5) is 10.5 Å². The summed E-state index contributed by atoms with van der Waals surface area (Å²) >= 11 is 0. The first-order valence-electron chi connectivity index (χ1n) is 7.97. The van der Waals surface area contributed by atoms with E-state index in [4.69, 9.17) is 9.15 Å². The van der Waals surface area contributed by atoms with E-state index in [0.717, 1.165) is 22.6 Å². The second kappa shape index (κ2) is 7.35. The number of hydrogen-bond acceptors (Lipinski definition) is 5. The summed E-state index contributed by atoms with van der Waals surface area (Å²) in [7, 11) is 1.60. The van der Waals surface area contributed by atoms with Gasteiger partial charge in [-0.15, -0.1) is 0 Å². The van der Waals surface area contributed by atoms with E-state index in [2.05, 4.69) is 20.5 Å². The Bertz CT molecular complexity index is 870. The standard InChI is InChI=1S/C17H21N5O3/c1-11-4-5-14(25-11)10-22(6-7-24-3)17(23)19-13-8-15-12(2)20-21-16(15)18-9-13/h4-5,8-9H,6-7,10H2,1-3H3,(H,19,23)(H,18,20,21). The van der Waals surface area contributed by atoms with Crippen LogP contribution >= 0.6 is 0 Å². The molecule has 3 aromatic heterocycles. The van der Waals surface area contributed by atoms with E-state index < -0.39 is 0 Å². The molecule has 8 heteroatoms. The Labute approximate surface area is 145 Å². The Morgan fingerprint density at radius 2 is 2.24 bits per heavy atom. The van der Waals surface area contributed by atoms with Crippen LogP contribution in [0.3, 0.4) is 0 Å². The number of amides is 2. The number of H-pyrrole nitrogens is 1. The SMILES string of the molecule is COCCN(Cc1ccc(C)o1)C(=O)Nc1cnc2n[nH]c(C)c2c1. The molecule has 0 aliphatic heterocycles. The van der Waals surface area contributed by atoms with Gasteiger partial charge in [-0.3, -0.25) is 5.10 Å². The molecule has 132 valence electrons. The van der Waals surface area contributed by atoms with Crippen LogP contribution in [0.25, 0.3) is 11.0 Å². The minimum Gasteiger partial charge on any atom is -0.464 e. The molecule has 0 atom stereocenters. The van der Waals surface area contributed by atoms with E-state index in [1.54, 1.807) is 18.2 Å². The first-order valence-corrected chi connectivity index (χ1v) is 7.97. The molecule has 0 aliphatic rings. The number of anilines is 1. The second-order valence-electron chi connectivity index (χ2n) is 5.80. The van der Waals surface area contributed by atoms with Gasteiger partial charge in [0.25, 0.3) is 0 Å². The molecule has 0 spiro atoms. The maximum atomic E-state index is 12.7. The van der Waals surface area contributed by atoms with Crippen LogP contribution < -0.4 is 5.32 Å². The van der Waals surface area contributed by atoms with Gasteiger partial charge in [0.05, 0.1) is 25.0 Å². The molecule has 2 N–H and O–H groups in total. The van der Waals surface area contributed by atoms with Gasteiger partial charge in [0.15, 0.2) is 5.65 Å². The van der Waals surface area contributed by atoms with Gasteiger partial charge in [0, 0.05) is 24.7 Å². The molecular formula is C17H21N5O3. The minimum atomic E-state index is -0.242. The minimum absolute atomic E-state index is 0.242. The number of fused-ring (bicyclic) bond motifs is 1. The highest BCUT2D eigenvalue weighted by atomic mass is 16.5. The third-order valence-electron chi connectivity index (χ3n) is 3.85. The molecule has 0 saturated carbocycles. The number of aromatic nitrogens is 3. The summed E-state index contributed by atoms with van der Waals surface area (Å²) in [6.45, 7) is 5.03. The lowest BCUT2D eigenvalue weighted by Gasteiger charge is -2.21. The number of carbonyl (C=O) groups is 1. The highest BCUT2D eigenvalue weighted by molar-refractivity contribution is 5.91. The lowest BCUT2D eigenvalue weighted by atomic mass is 10.2. The first kappa shape index (κ1) is 17.0.